The minimum atomic E-state index is 0.103. The Morgan fingerprint density at radius 2 is 1.94 bits per heavy atom. The van der Waals surface area contributed by atoms with Gasteiger partial charge in [0.2, 0.25) is 0 Å². The summed E-state index contributed by atoms with van der Waals surface area (Å²) in [6.45, 7) is 6.96. The Balaban J connectivity index is 2.22. The van der Waals surface area contributed by atoms with Gasteiger partial charge in [-0.2, -0.15) is 0 Å². The SMILES string of the molecule is CC1CN(c2ccc(CO)cc2Br)CC1C. The van der Waals surface area contributed by atoms with Gasteiger partial charge in [0.1, 0.15) is 0 Å². The van der Waals surface area contributed by atoms with E-state index in [4.69, 9.17) is 5.11 Å². The first-order valence-electron chi connectivity index (χ1n) is 5.76. The molecule has 2 nitrogen and oxygen atoms in total. The minimum absolute atomic E-state index is 0.103. The standard InChI is InChI=1S/C13H18BrNO/c1-9-6-15(7-10(9)2)13-4-3-11(8-16)5-12(13)14/h3-5,9-10,16H,6-8H2,1-2H3. The molecular formula is C13H18BrNO. The number of aliphatic hydroxyl groups is 1. The number of rotatable bonds is 2. The van der Waals surface area contributed by atoms with Crippen LogP contribution in [-0.4, -0.2) is 18.2 Å². The molecule has 1 saturated heterocycles. The highest BCUT2D eigenvalue weighted by Gasteiger charge is 2.27. The second kappa shape index (κ2) is 4.76. The van der Waals surface area contributed by atoms with E-state index in [-0.39, 0.29) is 6.61 Å². The van der Waals surface area contributed by atoms with Gasteiger partial charge in [0.25, 0.3) is 0 Å². The van der Waals surface area contributed by atoms with Crippen LogP contribution < -0.4 is 4.90 Å². The largest absolute Gasteiger partial charge is 0.392 e. The number of halogens is 1. The summed E-state index contributed by atoms with van der Waals surface area (Å²) >= 11 is 3.59. The molecule has 1 aromatic rings. The number of hydrogen-bond acceptors (Lipinski definition) is 2. The van der Waals surface area contributed by atoms with E-state index in [2.05, 4.69) is 40.7 Å². The van der Waals surface area contributed by atoms with Gasteiger partial charge in [-0.1, -0.05) is 19.9 Å². The van der Waals surface area contributed by atoms with Crippen molar-refractivity contribution in [1.82, 2.24) is 0 Å². The Morgan fingerprint density at radius 1 is 1.31 bits per heavy atom. The average Bonchev–Trinajstić information content (AvgIpc) is 2.58. The van der Waals surface area contributed by atoms with Gasteiger partial charge in [-0.05, 0) is 45.5 Å². The molecule has 2 unspecified atom stereocenters. The molecular weight excluding hydrogens is 266 g/mol. The van der Waals surface area contributed by atoms with Gasteiger partial charge in [-0.25, -0.2) is 0 Å². The first-order chi connectivity index (χ1) is 7.61. The molecule has 1 N–H and O–H groups in total. The van der Waals surface area contributed by atoms with Crippen LogP contribution in [0.2, 0.25) is 0 Å². The van der Waals surface area contributed by atoms with Crippen molar-refractivity contribution in [2.75, 3.05) is 18.0 Å². The zero-order valence-corrected chi connectivity index (χ0v) is 11.4. The molecule has 0 spiro atoms. The third-order valence-electron chi connectivity index (χ3n) is 3.52. The molecule has 0 bridgehead atoms. The molecule has 2 rings (SSSR count). The molecule has 16 heavy (non-hydrogen) atoms. The fourth-order valence-electron chi connectivity index (χ4n) is 2.23. The molecule has 0 aromatic heterocycles. The maximum atomic E-state index is 9.07. The summed E-state index contributed by atoms with van der Waals surface area (Å²) in [5.41, 5.74) is 2.20. The van der Waals surface area contributed by atoms with Crippen molar-refractivity contribution < 1.29 is 5.11 Å². The van der Waals surface area contributed by atoms with E-state index in [1.807, 2.05) is 12.1 Å². The van der Waals surface area contributed by atoms with Crippen LogP contribution in [0, 0.1) is 11.8 Å². The first-order valence-corrected chi connectivity index (χ1v) is 6.55. The van der Waals surface area contributed by atoms with Crippen molar-refractivity contribution in [2.45, 2.75) is 20.5 Å². The van der Waals surface area contributed by atoms with Crippen molar-refractivity contribution in [2.24, 2.45) is 11.8 Å². The highest BCUT2D eigenvalue weighted by molar-refractivity contribution is 9.10. The maximum Gasteiger partial charge on any atom is 0.0682 e. The Labute approximate surface area is 105 Å². The summed E-state index contributed by atoms with van der Waals surface area (Å²) in [6.07, 6.45) is 0. The van der Waals surface area contributed by atoms with Crippen LogP contribution in [0.15, 0.2) is 22.7 Å². The lowest BCUT2D eigenvalue weighted by molar-refractivity contribution is 0.282. The quantitative estimate of drug-likeness (QED) is 0.902. The second-order valence-corrected chi connectivity index (χ2v) is 5.66. The lowest BCUT2D eigenvalue weighted by Crippen LogP contribution is -2.19. The Morgan fingerprint density at radius 3 is 2.44 bits per heavy atom. The number of benzene rings is 1. The summed E-state index contributed by atoms with van der Waals surface area (Å²) in [6, 6.07) is 6.09. The van der Waals surface area contributed by atoms with Crippen LogP contribution in [0.25, 0.3) is 0 Å². The van der Waals surface area contributed by atoms with Crippen LogP contribution in [0.4, 0.5) is 5.69 Å². The van der Waals surface area contributed by atoms with Gasteiger partial charge in [0.05, 0.1) is 12.3 Å². The summed E-state index contributed by atoms with van der Waals surface area (Å²) < 4.78 is 1.08. The lowest BCUT2D eigenvalue weighted by Gasteiger charge is -2.20. The summed E-state index contributed by atoms with van der Waals surface area (Å²) in [4.78, 5) is 2.42. The van der Waals surface area contributed by atoms with Crippen molar-refractivity contribution in [3.8, 4) is 0 Å². The molecule has 1 fully saturated rings. The van der Waals surface area contributed by atoms with E-state index in [1.54, 1.807) is 0 Å². The number of anilines is 1. The van der Waals surface area contributed by atoms with Gasteiger partial charge < -0.3 is 10.0 Å². The zero-order valence-electron chi connectivity index (χ0n) is 9.78. The Bertz CT molecular complexity index is 370. The fourth-order valence-corrected chi connectivity index (χ4v) is 2.91. The van der Waals surface area contributed by atoms with Crippen molar-refractivity contribution in [3.63, 3.8) is 0 Å². The first kappa shape index (κ1) is 11.9. The van der Waals surface area contributed by atoms with Crippen LogP contribution in [0.5, 0.6) is 0 Å². The van der Waals surface area contributed by atoms with Gasteiger partial charge in [-0.3, -0.25) is 0 Å². The average molecular weight is 284 g/mol. The molecule has 88 valence electrons. The van der Waals surface area contributed by atoms with Crippen LogP contribution in [0.1, 0.15) is 19.4 Å². The molecule has 1 aliphatic rings. The molecule has 1 aliphatic heterocycles. The predicted octanol–water partition coefficient (Wildman–Crippen LogP) is 3.03. The van der Waals surface area contributed by atoms with E-state index in [1.165, 1.54) is 5.69 Å². The normalized spacial score (nSPS) is 25.1. The van der Waals surface area contributed by atoms with Crippen LogP contribution >= 0.6 is 15.9 Å². The molecule has 1 heterocycles. The van der Waals surface area contributed by atoms with Crippen molar-refractivity contribution in [1.29, 1.82) is 0 Å². The topological polar surface area (TPSA) is 23.5 Å². The van der Waals surface area contributed by atoms with Crippen LogP contribution in [-0.2, 0) is 6.61 Å². The zero-order chi connectivity index (χ0) is 11.7. The van der Waals surface area contributed by atoms with Gasteiger partial charge >= 0.3 is 0 Å². The molecule has 0 radical (unpaired) electrons. The number of nitrogens with zero attached hydrogens (tertiary/aromatic N) is 1. The molecule has 0 aliphatic carbocycles. The summed E-state index contributed by atoms with van der Waals surface area (Å²) in [5, 5.41) is 9.07. The molecule has 0 saturated carbocycles. The Kier molecular flexibility index (Phi) is 3.55. The monoisotopic (exact) mass is 283 g/mol. The smallest absolute Gasteiger partial charge is 0.0682 e. The van der Waals surface area contributed by atoms with Gasteiger partial charge in [0, 0.05) is 17.6 Å². The van der Waals surface area contributed by atoms with Crippen LogP contribution in [0.3, 0.4) is 0 Å². The highest BCUT2D eigenvalue weighted by atomic mass is 79.9. The predicted molar refractivity (Wildman–Crippen MR) is 70.6 cm³/mol. The highest BCUT2D eigenvalue weighted by Crippen LogP contribution is 2.33. The van der Waals surface area contributed by atoms with E-state index in [0.29, 0.717) is 0 Å². The molecule has 3 heteroatoms. The number of hydrogen-bond donors (Lipinski definition) is 1. The third kappa shape index (κ3) is 2.25. The molecule has 0 amide bonds. The van der Waals surface area contributed by atoms with E-state index in [0.717, 1.165) is 35.0 Å². The minimum Gasteiger partial charge on any atom is -0.392 e. The van der Waals surface area contributed by atoms with Gasteiger partial charge in [0.15, 0.2) is 0 Å². The van der Waals surface area contributed by atoms with Crippen molar-refractivity contribution >= 4 is 21.6 Å². The number of aliphatic hydroxyl groups excluding tert-OH is 1. The second-order valence-electron chi connectivity index (χ2n) is 4.80. The third-order valence-corrected chi connectivity index (χ3v) is 4.16. The lowest BCUT2D eigenvalue weighted by atomic mass is 10.0. The molecule has 1 aromatic carbocycles. The van der Waals surface area contributed by atoms with E-state index < -0.39 is 0 Å². The molecule has 2 atom stereocenters. The van der Waals surface area contributed by atoms with Gasteiger partial charge in [-0.15, -0.1) is 0 Å². The maximum absolute atomic E-state index is 9.07. The Hall–Kier alpha value is -0.540. The summed E-state index contributed by atoms with van der Waals surface area (Å²) in [5.74, 6) is 1.51. The van der Waals surface area contributed by atoms with E-state index in [9.17, 15) is 0 Å². The van der Waals surface area contributed by atoms with Crippen molar-refractivity contribution in [3.05, 3.63) is 28.2 Å². The summed E-state index contributed by atoms with van der Waals surface area (Å²) in [7, 11) is 0. The fraction of sp³-hybridized carbons (Fsp3) is 0.538. The van der Waals surface area contributed by atoms with E-state index >= 15 is 0 Å².